The molecule has 0 bridgehead atoms. The van der Waals surface area contributed by atoms with Crippen molar-refractivity contribution in [3.63, 3.8) is 0 Å². The minimum atomic E-state index is 0.405. The van der Waals surface area contributed by atoms with E-state index < -0.39 is 0 Å². The lowest BCUT2D eigenvalue weighted by molar-refractivity contribution is -0.0493. The van der Waals surface area contributed by atoms with Crippen LogP contribution >= 0.6 is 0 Å². The van der Waals surface area contributed by atoms with Crippen LogP contribution in [-0.2, 0) is 4.74 Å². The van der Waals surface area contributed by atoms with Gasteiger partial charge in [0, 0.05) is 25.2 Å². The Kier molecular flexibility index (Phi) is 6.79. The maximum atomic E-state index is 5.73. The summed E-state index contributed by atoms with van der Waals surface area (Å²) in [5, 5.41) is 3.81. The molecule has 4 atom stereocenters. The summed E-state index contributed by atoms with van der Waals surface area (Å²) in [6, 6.07) is 1.44. The largest absolute Gasteiger partial charge is 0.376 e. The first kappa shape index (κ1) is 16.3. The topological polar surface area (TPSA) is 24.5 Å². The van der Waals surface area contributed by atoms with Gasteiger partial charge in [-0.1, -0.05) is 26.7 Å². The highest BCUT2D eigenvalue weighted by molar-refractivity contribution is 4.92. The van der Waals surface area contributed by atoms with Gasteiger partial charge in [0.15, 0.2) is 0 Å². The first-order valence-electron chi connectivity index (χ1n) is 8.83. The molecule has 3 nitrogen and oxygen atoms in total. The summed E-state index contributed by atoms with van der Waals surface area (Å²) in [6.45, 7) is 11.1. The molecular weight excluding hydrogens is 248 g/mol. The molecule has 1 N–H and O–H groups in total. The zero-order valence-electron chi connectivity index (χ0n) is 13.7. The Morgan fingerprint density at radius 3 is 2.75 bits per heavy atom. The molecule has 2 aliphatic rings. The van der Waals surface area contributed by atoms with Crippen molar-refractivity contribution in [1.82, 2.24) is 10.2 Å². The van der Waals surface area contributed by atoms with Gasteiger partial charge in [0.05, 0.1) is 12.7 Å². The normalized spacial score (nSPS) is 36.1. The Morgan fingerprint density at radius 2 is 2.05 bits per heavy atom. The van der Waals surface area contributed by atoms with Crippen molar-refractivity contribution in [1.29, 1.82) is 0 Å². The van der Waals surface area contributed by atoms with E-state index in [1.165, 1.54) is 45.1 Å². The molecule has 0 aromatic rings. The van der Waals surface area contributed by atoms with Gasteiger partial charge in [-0.25, -0.2) is 0 Å². The van der Waals surface area contributed by atoms with Crippen molar-refractivity contribution >= 4 is 0 Å². The summed E-state index contributed by atoms with van der Waals surface area (Å²) in [5.74, 6) is 0.947. The number of hydrogen-bond donors (Lipinski definition) is 1. The van der Waals surface area contributed by atoms with Crippen molar-refractivity contribution < 1.29 is 4.74 Å². The van der Waals surface area contributed by atoms with E-state index in [2.05, 4.69) is 31.0 Å². The van der Waals surface area contributed by atoms with Gasteiger partial charge in [-0.05, 0) is 45.1 Å². The molecule has 1 heterocycles. The Balaban J connectivity index is 1.96. The molecule has 1 aliphatic heterocycles. The minimum Gasteiger partial charge on any atom is -0.376 e. The predicted molar refractivity (Wildman–Crippen MR) is 85.1 cm³/mol. The maximum Gasteiger partial charge on any atom is 0.0674 e. The lowest BCUT2D eigenvalue weighted by atomic mass is 9.79. The third kappa shape index (κ3) is 4.44. The lowest BCUT2D eigenvalue weighted by Crippen LogP contribution is -2.57. The van der Waals surface area contributed by atoms with Crippen molar-refractivity contribution in [2.24, 2.45) is 5.92 Å². The van der Waals surface area contributed by atoms with Crippen LogP contribution in [0.4, 0.5) is 0 Å². The van der Waals surface area contributed by atoms with E-state index >= 15 is 0 Å². The molecule has 2 rings (SSSR count). The zero-order chi connectivity index (χ0) is 14.4. The Morgan fingerprint density at radius 1 is 1.20 bits per heavy atom. The first-order valence-corrected chi connectivity index (χ1v) is 8.83. The Labute approximate surface area is 125 Å². The molecule has 2 fully saturated rings. The smallest absolute Gasteiger partial charge is 0.0674 e. The summed E-state index contributed by atoms with van der Waals surface area (Å²) >= 11 is 0. The monoisotopic (exact) mass is 282 g/mol. The summed E-state index contributed by atoms with van der Waals surface area (Å²) in [4.78, 5) is 2.71. The number of hydrogen-bond acceptors (Lipinski definition) is 3. The molecule has 4 unspecified atom stereocenters. The predicted octanol–water partition coefficient (Wildman–Crippen LogP) is 3.04. The van der Waals surface area contributed by atoms with Crippen LogP contribution in [0.3, 0.4) is 0 Å². The molecule has 3 heteroatoms. The fourth-order valence-electron chi connectivity index (χ4n) is 4.02. The molecule has 1 aliphatic carbocycles. The van der Waals surface area contributed by atoms with Gasteiger partial charge in [0.1, 0.15) is 0 Å². The van der Waals surface area contributed by atoms with Crippen LogP contribution in [0.5, 0.6) is 0 Å². The average molecular weight is 282 g/mol. The van der Waals surface area contributed by atoms with Crippen LogP contribution in [0.2, 0.25) is 0 Å². The molecule has 0 aromatic carbocycles. The summed E-state index contributed by atoms with van der Waals surface area (Å²) in [6.07, 6.45) is 8.57. The van der Waals surface area contributed by atoms with Gasteiger partial charge in [-0.2, -0.15) is 0 Å². The number of rotatable bonds is 6. The van der Waals surface area contributed by atoms with Crippen molar-refractivity contribution in [3.8, 4) is 0 Å². The fourth-order valence-corrected chi connectivity index (χ4v) is 4.02. The molecule has 1 saturated carbocycles. The quantitative estimate of drug-likeness (QED) is 0.810. The summed E-state index contributed by atoms with van der Waals surface area (Å²) < 4.78 is 5.73. The highest BCUT2D eigenvalue weighted by Gasteiger charge is 2.35. The highest BCUT2D eigenvalue weighted by atomic mass is 16.5. The van der Waals surface area contributed by atoms with Crippen LogP contribution in [0.25, 0.3) is 0 Å². The third-order valence-corrected chi connectivity index (χ3v) is 5.02. The minimum absolute atomic E-state index is 0.405. The number of ether oxygens (including phenoxy) is 1. The molecule has 20 heavy (non-hydrogen) atoms. The average Bonchev–Trinajstić information content (AvgIpc) is 2.46. The second kappa shape index (κ2) is 8.35. The first-order chi connectivity index (χ1) is 9.74. The number of morpholine rings is 1. The Hall–Kier alpha value is -0.120. The third-order valence-electron chi connectivity index (χ3n) is 5.02. The number of nitrogens with one attached hydrogen (secondary N) is 1. The number of nitrogens with zero attached hydrogens (tertiary/aromatic N) is 1. The SMILES string of the molecule is CCCNC1CCC(CCC)CC1N1CCOC(C)C1. The van der Waals surface area contributed by atoms with Crippen molar-refractivity contribution in [2.75, 3.05) is 26.2 Å². The maximum absolute atomic E-state index is 5.73. The van der Waals surface area contributed by atoms with E-state index in [4.69, 9.17) is 4.74 Å². The van der Waals surface area contributed by atoms with Gasteiger partial charge in [-0.15, -0.1) is 0 Å². The van der Waals surface area contributed by atoms with Gasteiger partial charge >= 0.3 is 0 Å². The van der Waals surface area contributed by atoms with Gasteiger partial charge in [-0.3, -0.25) is 4.90 Å². The van der Waals surface area contributed by atoms with E-state index in [-0.39, 0.29) is 0 Å². The van der Waals surface area contributed by atoms with Crippen LogP contribution in [-0.4, -0.2) is 49.3 Å². The van der Waals surface area contributed by atoms with Crippen LogP contribution in [0.1, 0.15) is 59.3 Å². The molecule has 0 radical (unpaired) electrons. The van der Waals surface area contributed by atoms with Gasteiger partial charge in [0.2, 0.25) is 0 Å². The zero-order valence-corrected chi connectivity index (χ0v) is 13.7. The molecule has 118 valence electrons. The molecule has 0 amide bonds. The van der Waals surface area contributed by atoms with E-state index in [9.17, 15) is 0 Å². The molecule has 0 spiro atoms. The van der Waals surface area contributed by atoms with Crippen LogP contribution in [0, 0.1) is 5.92 Å². The molecular formula is C17H34N2O. The standard InChI is InChI=1S/C17H34N2O/c1-4-6-15-7-8-16(18-9-5-2)17(12-15)19-10-11-20-14(3)13-19/h14-18H,4-13H2,1-3H3. The second-order valence-electron chi connectivity index (χ2n) is 6.77. The second-order valence-corrected chi connectivity index (χ2v) is 6.77. The van der Waals surface area contributed by atoms with E-state index in [1.54, 1.807) is 0 Å². The van der Waals surface area contributed by atoms with E-state index in [1.807, 2.05) is 0 Å². The van der Waals surface area contributed by atoms with Crippen LogP contribution in [0.15, 0.2) is 0 Å². The van der Waals surface area contributed by atoms with Gasteiger partial charge in [0.25, 0.3) is 0 Å². The van der Waals surface area contributed by atoms with E-state index in [0.29, 0.717) is 12.1 Å². The summed E-state index contributed by atoms with van der Waals surface area (Å²) in [5.41, 5.74) is 0. The highest BCUT2D eigenvalue weighted by Crippen LogP contribution is 2.32. The van der Waals surface area contributed by atoms with Gasteiger partial charge < -0.3 is 10.1 Å². The van der Waals surface area contributed by atoms with Crippen LogP contribution < -0.4 is 5.32 Å². The van der Waals surface area contributed by atoms with Crippen molar-refractivity contribution in [2.45, 2.75) is 77.5 Å². The van der Waals surface area contributed by atoms with E-state index in [0.717, 1.165) is 31.7 Å². The molecule has 1 saturated heterocycles. The fraction of sp³-hybridized carbons (Fsp3) is 1.00. The van der Waals surface area contributed by atoms with Crippen molar-refractivity contribution in [3.05, 3.63) is 0 Å². The lowest BCUT2D eigenvalue weighted by Gasteiger charge is -2.45. The Bertz CT molecular complexity index is 272. The molecule has 0 aromatic heterocycles. The summed E-state index contributed by atoms with van der Waals surface area (Å²) in [7, 11) is 0.